The Labute approximate surface area is 120 Å². The minimum atomic E-state index is -0.506. The summed E-state index contributed by atoms with van der Waals surface area (Å²) in [6.07, 6.45) is 4.14. The van der Waals surface area contributed by atoms with Crippen molar-refractivity contribution in [2.24, 2.45) is 5.92 Å². The molecule has 1 aliphatic carbocycles. The lowest BCUT2D eigenvalue weighted by Gasteiger charge is -2.35. The molecule has 1 aromatic rings. The fraction of sp³-hybridized carbons (Fsp3) is 0.800. The van der Waals surface area contributed by atoms with E-state index in [4.69, 9.17) is 0 Å². The van der Waals surface area contributed by atoms with Gasteiger partial charge in [0.05, 0.1) is 16.3 Å². The van der Waals surface area contributed by atoms with Gasteiger partial charge in [-0.15, -0.1) is 11.3 Å². The van der Waals surface area contributed by atoms with Crippen molar-refractivity contribution < 1.29 is 5.11 Å². The summed E-state index contributed by atoms with van der Waals surface area (Å²) in [6.45, 7) is 9.24. The first-order valence-electron chi connectivity index (χ1n) is 7.29. The van der Waals surface area contributed by atoms with Gasteiger partial charge >= 0.3 is 0 Å². The predicted molar refractivity (Wildman–Crippen MR) is 80.6 cm³/mol. The van der Waals surface area contributed by atoms with Crippen molar-refractivity contribution in [1.82, 2.24) is 10.3 Å². The minimum Gasteiger partial charge on any atom is -0.389 e. The fourth-order valence-electron chi connectivity index (χ4n) is 2.86. The lowest BCUT2D eigenvalue weighted by Crippen LogP contribution is -2.44. The third kappa shape index (κ3) is 3.77. The van der Waals surface area contributed by atoms with Crippen molar-refractivity contribution in [3.05, 3.63) is 15.6 Å². The standard InChI is InChI=1S/C15H26N2OS/c1-10-5-7-15(18,8-6-10)9-16-11(2)14-12(3)17-13(4)19-14/h10-11,16,18H,5-9H2,1-4H3. The smallest absolute Gasteiger partial charge is 0.0900 e. The van der Waals surface area contributed by atoms with Crippen molar-refractivity contribution >= 4 is 11.3 Å². The van der Waals surface area contributed by atoms with Crippen LogP contribution in [0, 0.1) is 19.8 Å². The van der Waals surface area contributed by atoms with Gasteiger partial charge in [0.25, 0.3) is 0 Å². The van der Waals surface area contributed by atoms with Crippen molar-refractivity contribution in [2.75, 3.05) is 6.54 Å². The number of hydrogen-bond donors (Lipinski definition) is 2. The topological polar surface area (TPSA) is 45.2 Å². The Hall–Kier alpha value is -0.450. The Morgan fingerprint density at radius 2 is 2.05 bits per heavy atom. The van der Waals surface area contributed by atoms with Gasteiger partial charge in [-0.2, -0.15) is 0 Å². The molecule has 4 heteroatoms. The van der Waals surface area contributed by atoms with E-state index < -0.39 is 5.60 Å². The zero-order valence-electron chi connectivity index (χ0n) is 12.5. The Morgan fingerprint density at radius 1 is 1.42 bits per heavy atom. The second-order valence-electron chi connectivity index (χ2n) is 6.19. The van der Waals surface area contributed by atoms with Gasteiger partial charge < -0.3 is 10.4 Å². The first-order valence-corrected chi connectivity index (χ1v) is 8.11. The summed E-state index contributed by atoms with van der Waals surface area (Å²) in [5, 5.41) is 15.2. The van der Waals surface area contributed by atoms with Crippen LogP contribution in [0.4, 0.5) is 0 Å². The average molecular weight is 282 g/mol. The molecular formula is C15H26N2OS. The molecule has 0 radical (unpaired) electrons. The van der Waals surface area contributed by atoms with Crippen LogP contribution in [0.2, 0.25) is 0 Å². The highest BCUT2D eigenvalue weighted by atomic mass is 32.1. The molecule has 1 saturated carbocycles. The molecule has 0 saturated heterocycles. The van der Waals surface area contributed by atoms with E-state index in [1.165, 1.54) is 4.88 Å². The summed E-state index contributed by atoms with van der Waals surface area (Å²) in [4.78, 5) is 5.77. The minimum absolute atomic E-state index is 0.273. The number of aromatic nitrogens is 1. The molecule has 0 bridgehead atoms. The molecule has 108 valence electrons. The molecule has 1 aromatic heterocycles. The normalized spacial score (nSPS) is 29.4. The number of aryl methyl sites for hydroxylation is 2. The van der Waals surface area contributed by atoms with E-state index in [1.54, 1.807) is 11.3 Å². The van der Waals surface area contributed by atoms with E-state index >= 15 is 0 Å². The zero-order valence-corrected chi connectivity index (χ0v) is 13.3. The lowest BCUT2D eigenvalue weighted by molar-refractivity contribution is -0.00778. The number of rotatable bonds is 4. The summed E-state index contributed by atoms with van der Waals surface area (Å²) in [6, 6.07) is 0.273. The summed E-state index contributed by atoms with van der Waals surface area (Å²) in [7, 11) is 0. The monoisotopic (exact) mass is 282 g/mol. The number of thiazole rings is 1. The van der Waals surface area contributed by atoms with Crippen molar-refractivity contribution in [2.45, 2.75) is 65.0 Å². The molecular weight excluding hydrogens is 256 g/mol. The molecule has 2 rings (SSSR count). The number of hydrogen-bond acceptors (Lipinski definition) is 4. The number of nitrogens with one attached hydrogen (secondary N) is 1. The highest BCUT2D eigenvalue weighted by Crippen LogP contribution is 2.32. The third-order valence-corrected chi connectivity index (χ3v) is 5.53. The summed E-state index contributed by atoms with van der Waals surface area (Å²) in [5.74, 6) is 0.768. The van der Waals surface area contributed by atoms with Crippen LogP contribution in [-0.2, 0) is 0 Å². The zero-order chi connectivity index (χ0) is 14.0. The van der Waals surface area contributed by atoms with Crippen LogP contribution < -0.4 is 5.32 Å². The molecule has 2 N–H and O–H groups in total. The van der Waals surface area contributed by atoms with Gasteiger partial charge in [0.1, 0.15) is 0 Å². The van der Waals surface area contributed by atoms with Gasteiger partial charge in [0, 0.05) is 17.5 Å². The molecule has 1 unspecified atom stereocenters. The van der Waals surface area contributed by atoms with E-state index in [1.807, 2.05) is 6.92 Å². The molecule has 3 nitrogen and oxygen atoms in total. The third-order valence-electron chi connectivity index (χ3n) is 4.27. The number of nitrogens with zero attached hydrogens (tertiary/aromatic N) is 1. The van der Waals surface area contributed by atoms with E-state index in [0.29, 0.717) is 6.54 Å². The van der Waals surface area contributed by atoms with Crippen LogP contribution in [0.15, 0.2) is 0 Å². The molecule has 1 atom stereocenters. The van der Waals surface area contributed by atoms with Gasteiger partial charge in [-0.1, -0.05) is 6.92 Å². The van der Waals surface area contributed by atoms with Crippen molar-refractivity contribution in [3.8, 4) is 0 Å². The van der Waals surface area contributed by atoms with E-state index in [0.717, 1.165) is 42.3 Å². The van der Waals surface area contributed by atoms with Gasteiger partial charge in [-0.05, 0) is 52.4 Å². The predicted octanol–water partition coefficient (Wildman–Crippen LogP) is 3.35. The van der Waals surface area contributed by atoms with E-state index in [2.05, 4.69) is 31.1 Å². The largest absolute Gasteiger partial charge is 0.389 e. The molecule has 1 fully saturated rings. The van der Waals surface area contributed by atoms with Crippen LogP contribution in [-0.4, -0.2) is 22.2 Å². The van der Waals surface area contributed by atoms with Crippen LogP contribution >= 0.6 is 11.3 Å². The Balaban J connectivity index is 1.90. The number of aliphatic hydroxyl groups is 1. The van der Waals surface area contributed by atoms with E-state index in [-0.39, 0.29) is 6.04 Å². The maximum atomic E-state index is 10.6. The summed E-state index contributed by atoms with van der Waals surface area (Å²) in [5.41, 5.74) is 0.612. The first kappa shape index (κ1) is 14.9. The Morgan fingerprint density at radius 3 is 2.58 bits per heavy atom. The Bertz CT molecular complexity index is 422. The lowest BCUT2D eigenvalue weighted by atomic mass is 9.79. The van der Waals surface area contributed by atoms with Crippen LogP contribution in [0.3, 0.4) is 0 Å². The quantitative estimate of drug-likeness (QED) is 0.890. The Kier molecular flexibility index (Phi) is 4.64. The fourth-order valence-corrected chi connectivity index (χ4v) is 3.82. The molecule has 0 amide bonds. The second kappa shape index (κ2) is 5.90. The average Bonchev–Trinajstić information content (AvgIpc) is 2.70. The maximum Gasteiger partial charge on any atom is 0.0900 e. The first-order chi connectivity index (χ1) is 8.89. The van der Waals surface area contributed by atoms with Crippen LogP contribution in [0.25, 0.3) is 0 Å². The second-order valence-corrected chi connectivity index (χ2v) is 7.43. The maximum absolute atomic E-state index is 10.6. The summed E-state index contributed by atoms with van der Waals surface area (Å²) < 4.78 is 0. The molecule has 0 aromatic carbocycles. The van der Waals surface area contributed by atoms with Crippen LogP contribution in [0.1, 0.15) is 61.2 Å². The molecule has 19 heavy (non-hydrogen) atoms. The van der Waals surface area contributed by atoms with Gasteiger partial charge in [-0.3, -0.25) is 0 Å². The molecule has 1 aliphatic rings. The molecule has 0 aliphatic heterocycles. The SMILES string of the molecule is Cc1nc(C)c(C(C)NCC2(O)CCC(C)CC2)s1. The van der Waals surface area contributed by atoms with Crippen LogP contribution in [0.5, 0.6) is 0 Å². The highest BCUT2D eigenvalue weighted by Gasteiger charge is 2.32. The molecule has 0 spiro atoms. The van der Waals surface area contributed by atoms with E-state index in [9.17, 15) is 5.11 Å². The van der Waals surface area contributed by atoms with Gasteiger partial charge in [0.2, 0.25) is 0 Å². The molecule has 1 heterocycles. The highest BCUT2D eigenvalue weighted by molar-refractivity contribution is 7.11. The van der Waals surface area contributed by atoms with Gasteiger partial charge in [-0.25, -0.2) is 4.98 Å². The summed E-state index contributed by atoms with van der Waals surface area (Å²) >= 11 is 1.75. The van der Waals surface area contributed by atoms with Gasteiger partial charge in [0.15, 0.2) is 0 Å². The van der Waals surface area contributed by atoms with Crippen molar-refractivity contribution in [1.29, 1.82) is 0 Å². The van der Waals surface area contributed by atoms with Crippen molar-refractivity contribution in [3.63, 3.8) is 0 Å².